The summed E-state index contributed by atoms with van der Waals surface area (Å²) in [5, 5.41) is 7.66. The first kappa shape index (κ1) is 18.8. The Kier molecular flexibility index (Phi) is 6.20. The molecule has 142 valence electrons. The van der Waals surface area contributed by atoms with E-state index in [4.69, 9.17) is 0 Å². The van der Waals surface area contributed by atoms with Gasteiger partial charge in [0.15, 0.2) is 9.84 Å². The van der Waals surface area contributed by atoms with Crippen molar-refractivity contribution in [3.8, 4) is 0 Å². The molecule has 2 aromatic heterocycles. The molecule has 0 amide bonds. The van der Waals surface area contributed by atoms with Crippen molar-refractivity contribution in [3.63, 3.8) is 0 Å². The van der Waals surface area contributed by atoms with Crippen LogP contribution < -0.4 is 5.32 Å². The molecular formula is C17H26N6O2S. The zero-order valence-corrected chi connectivity index (χ0v) is 15.9. The van der Waals surface area contributed by atoms with Crippen LogP contribution in [0.4, 0.5) is 5.95 Å². The number of hydrogen-bond acceptors (Lipinski definition) is 7. The maximum Gasteiger partial charge on any atom is 0.222 e. The van der Waals surface area contributed by atoms with Crippen LogP contribution in [0.15, 0.2) is 30.7 Å². The molecule has 0 saturated heterocycles. The lowest BCUT2D eigenvalue weighted by Gasteiger charge is -2.23. The molecule has 1 aliphatic rings. The van der Waals surface area contributed by atoms with E-state index in [1.54, 1.807) is 25.4 Å². The van der Waals surface area contributed by atoms with Gasteiger partial charge in [-0.1, -0.05) is 6.92 Å². The van der Waals surface area contributed by atoms with Gasteiger partial charge in [0.25, 0.3) is 0 Å². The minimum Gasteiger partial charge on any atom is -0.354 e. The van der Waals surface area contributed by atoms with Crippen molar-refractivity contribution in [3.05, 3.63) is 36.4 Å². The predicted octanol–water partition coefficient (Wildman–Crippen LogP) is 1.04. The largest absolute Gasteiger partial charge is 0.354 e. The van der Waals surface area contributed by atoms with E-state index in [1.165, 1.54) is 0 Å². The van der Waals surface area contributed by atoms with Gasteiger partial charge >= 0.3 is 0 Å². The number of rotatable bonds is 8. The van der Waals surface area contributed by atoms with E-state index in [0.717, 1.165) is 38.3 Å². The predicted molar refractivity (Wildman–Crippen MR) is 100 cm³/mol. The van der Waals surface area contributed by atoms with Crippen molar-refractivity contribution in [1.29, 1.82) is 0 Å². The molecule has 0 aromatic carbocycles. The van der Waals surface area contributed by atoms with E-state index < -0.39 is 9.84 Å². The molecule has 3 rings (SSSR count). The molecule has 8 nitrogen and oxygen atoms in total. The first-order chi connectivity index (χ1) is 12.6. The van der Waals surface area contributed by atoms with Gasteiger partial charge in [0.2, 0.25) is 5.95 Å². The first-order valence-electron chi connectivity index (χ1n) is 9.00. The smallest absolute Gasteiger partial charge is 0.222 e. The van der Waals surface area contributed by atoms with Gasteiger partial charge in [-0.2, -0.15) is 5.10 Å². The highest BCUT2D eigenvalue weighted by molar-refractivity contribution is 7.91. The zero-order chi connectivity index (χ0) is 18.4. The Hall–Kier alpha value is -2.00. The first-order valence-corrected chi connectivity index (χ1v) is 10.8. The van der Waals surface area contributed by atoms with Gasteiger partial charge in [0.1, 0.15) is 0 Å². The van der Waals surface area contributed by atoms with Crippen molar-refractivity contribution in [2.75, 3.05) is 36.5 Å². The molecule has 0 fully saturated rings. The molecule has 0 unspecified atom stereocenters. The van der Waals surface area contributed by atoms with E-state index in [1.807, 2.05) is 16.9 Å². The van der Waals surface area contributed by atoms with E-state index in [9.17, 15) is 8.42 Å². The fourth-order valence-electron chi connectivity index (χ4n) is 3.16. The normalized spacial score (nSPS) is 18.3. The molecule has 0 aliphatic carbocycles. The summed E-state index contributed by atoms with van der Waals surface area (Å²) in [6, 6.07) is 3.80. The minimum absolute atomic E-state index is 0.198. The lowest BCUT2D eigenvalue weighted by molar-refractivity contribution is 0.236. The Morgan fingerprint density at radius 2 is 2.04 bits per heavy atom. The Morgan fingerprint density at radius 1 is 1.23 bits per heavy atom. The summed E-state index contributed by atoms with van der Waals surface area (Å²) in [6.45, 7) is 5.48. The van der Waals surface area contributed by atoms with Gasteiger partial charge in [-0.15, -0.1) is 0 Å². The third-order valence-electron chi connectivity index (χ3n) is 4.70. The molecule has 0 bridgehead atoms. The second kappa shape index (κ2) is 8.59. The van der Waals surface area contributed by atoms with E-state index >= 15 is 0 Å². The van der Waals surface area contributed by atoms with Gasteiger partial charge in [-0.25, -0.2) is 18.4 Å². The summed E-state index contributed by atoms with van der Waals surface area (Å²) >= 11 is 0. The zero-order valence-electron chi connectivity index (χ0n) is 15.1. The second-order valence-corrected chi connectivity index (χ2v) is 9.10. The molecule has 0 saturated carbocycles. The molecule has 0 radical (unpaired) electrons. The van der Waals surface area contributed by atoms with E-state index in [0.29, 0.717) is 18.4 Å². The van der Waals surface area contributed by atoms with Crippen LogP contribution in [0.25, 0.3) is 0 Å². The molecule has 2 aromatic rings. The average molecular weight is 379 g/mol. The summed E-state index contributed by atoms with van der Waals surface area (Å²) in [6.07, 6.45) is 6.18. The Morgan fingerprint density at radius 3 is 2.81 bits per heavy atom. The highest BCUT2D eigenvalue weighted by atomic mass is 32.2. The van der Waals surface area contributed by atoms with Gasteiger partial charge in [-0.3, -0.25) is 9.58 Å². The van der Waals surface area contributed by atoms with Crippen LogP contribution in [0.5, 0.6) is 0 Å². The number of sulfone groups is 1. The number of anilines is 1. The third kappa shape index (κ3) is 5.25. The molecule has 1 atom stereocenters. The lowest BCUT2D eigenvalue weighted by atomic mass is 10.1. The van der Waals surface area contributed by atoms with Crippen LogP contribution in [0.2, 0.25) is 0 Å². The summed E-state index contributed by atoms with van der Waals surface area (Å²) in [4.78, 5) is 10.6. The maximum atomic E-state index is 11.9. The number of aromatic nitrogens is 4. The van der Waals surface area contributed by atoms with Crippen LogP contribution in [-0.2, 0) is 22.9 Å². The molecule has 0 spiro atoms. The molecule has 1 aliphatic heterocycles. The van der Waals surface area contributed by atoms with E-state index in [-0.39, 0.29) is 11.5 Å². The van der Waals surface area contributed by atoms with Gasteiger partial charge in [-0.05, 0) is 24.5 Å². The standard InChI is InChI=1S/C17H26N6O2S/c1-2-26(24,25)11-10-22-12-15(13-23-16(14-22)5-9-21-23)4-8-20-17-18-6-3-7-19-17/h3,5-7,9,15H,2,4,8,10-14H2,1H3,(H,18,19,20)/t15-/m1/s1. The van der Waals surface area contributed by atoms with Crippen molar-refractivity contribution in [2.45, 2.75) is 26.4 Å². The summed E-state index contributed by atoms with van der Waals surface area (Å²) in [5.74, 6) is 1.42. The third-order valence-corrected chi connectivity index (χ3v) is 6.38. The quantitative estimate of drug-likeness (QED) is 0.734. The van der Waals surface area contributed by atoms with Crippen LogP contribution in [-0.4, -0.2) is 64.2 Å². The van der Waals surface area contributed by atoms with Gasteiger partial charge in [0.05, 0.1) is 11.4 Å². The molecule has 1 N–H and O–H groups in total. The molecular weight excluding hydrogens is 352 g/mol. The molecule has 9 heteroatoms. The fraction of sp³-hybridized carbons (Fsp3) is 0.588. The highest BCUT2D eigenvalue weighted by Gasteiger charge is 2.23. The average Bonchev–Trinajstić information content (AvgIpc) is 3.00. The highest BCUT2D eigenvalue weighted by Crippen LogP contribution is 2.18. The van der Waals surface area contributed by atoms with Crippen molar-refractivity contribution < 1.29 is 8.42 Å². The SMILES string of the molecule is CCS(=O)(=O)CCN1Cc2ccnn2C[C@H](CCNc2ncccn2)C1. The second-order valence-electron chi connectivity index (χ2n) is 6.63. The van der Waals surface area contributed by atoms with Crippen molar-refractivity contribution >= 4 is 15.8 Å². The topological polar surface area (TPSA) is 93.0 Å². The van der Waals surface area contributed by atoms with Crippen LogP contribution >= 0.6 is 0 Å². The van der Waals surface area contributed by atoms with Crippen molar-refractivity contribution in [2.24, 2.45) is 5.92 Å². The van der Waals surface area contributed by atoms with Gasteiger partial charge < -0.3 is 5.32 Å². The van der Waals surface area contributed by atoms with E-state index in [2.05, 4.69) is 25.3 Å². The summed E-state index contributed by atoms with van der Waals surface area (Å²) in [7, 11) is -2.96. The fourth-order valence-corrected chi connectivity index (χ4v) is 3.99. The molecule has 26 heavy (non-hydrogen) atoms. The molecule has 3 heterocycles. The van der Waals surface area contributed by atoms with Crippen LogP contribution in [0.1, 0.15) is 19.0 Å². The lowest BCUT2D eigenvalue weighted by Crippen LogP contribution is -2.33. The van der Waals surface area contributed by atoms with Crippen LogP contribution in [0, 0.1) is 5.92 Å². The Bertz CT molecular complexity index is 793. The van der Waals surface area contributed by atoms with Crippen molar-refractivity contribution in [1.82, 2.24) is 24.6 Å². The number of nitrogens with one attached hydrogen (secondary N) is 1. The number of hydrogen-bond donors (Lipinski definition) is 1. The number of nitrogens with zero attached hydrogens (tertiary/aromatic N) is 5. The van der Waals surface area contributed by atoms with Crippen LogP contribution in [0.3, 0.4) is 0 Å². The Balaban J connectivity index is 1.59. The minimum atomic E-state index is -2.96. The number of fused-ring (bicyclic) bond motifs is 1. The monoisotopic (exact) mass is 378 g/mol. The Labute approximate surface area is 154 Å². The van der Waals surface area contributed by atoms with Gasteiger partial charge in [0, 0.05) is 57.1 Å². The summed E-state index contributed by atoms with van der Waals surface area (Å²) in [5.41, 5.74) is 1.14. The summed E-state index contributed by atoms with van der Waals surface area (Å²) < 4.78 is 25.8. The maximum absolute atomic E-state index is 11.9.